The Morgan fingerprint density at radius 3 is 2.68 bits per heavy atom. The number of fused-ring (bicyclic) bond motifs is 5. The normalized spacial score (nSPS) is 45.2. The van der Waals surface area contributed by atoms with Crippen LogP contribution in [-0.4, -0.2) is 17.0 Å². The molecule has 3 saturated carbocycles. The maximum atomic E-state index is 12.6. The molecule has 3 fully saturated rings. The fourth-order valence-corrected chi connectivity index (χ4v) is 7.91. The largest absolute Gasteiger partial charge is 0.393 e. The Hall–Kier alpha value is -0.630. The van der Waals surface area contributed by atoms with E-state index in [-0.39, 0.29) is 6.10 Å². The summed E-state index contributed by atoms with van der Waals surface area (Å²) in [4.78, 5) is 12.6. The van der Waals surface area contributed by atoms with Crippen LogP contribution >= 0.6 is 0 Å². The summed E-state index contributed by atoms with van der Waals surface area (Å²) in [6, 6.07) is 0. The summed E-state index contributed by atoms with van der Waals surface area (Å²) in [6.07, 6.45) is 14.6. The van der Waals surface area contributed by atoms with Crippen LogP contribution in [0, 0.1) is 40.4 Å². The zero-order chi connectivity index (χ0) is 20.1. The van der Waals surface area contributed by atoms with Crippen molar-refractivity contribution >= 4 is 5.78 Å². The molecule has 2 heteroatoms. The first-order valence-corrected chi connectivity index (χ1v) is 12.1. The second-order valence-electron chi connectivity index (χ2n) is 11.7. The second kappa shape index (κ2) is 7.56. The molecule has 4 aliphatic carbocycles. The molecule has 0 saturated heterocycles. The highest BCUT2D eigenvalue weighted by Gasteiger charge is 2.58. The molecule has 0 bridgehead atoms. The Morgan fingerprint density at radius 2 is 1.93 bits per heavy atom. The standard InChI is InChI=1S/C26H42O2/c1-17(2)5-8-20(27)15-19-7-10-23-22-9-6-18-16-21(28)11-13-25(18,3)24(22)12-14-26(19,23)4/h6,17,19,21-24,28H,5,7-16H2,1-4H3/t19-,21?,22?,23?,24?,25?,26-/m1/s1. The van der Waals surface area contributed by atoms with Gasteiger partial charge in [-0.3, -0.25) is 4.79 Å². The van der Waals surface area contributed by atoms with E-state index in [4.69, 9.17) is 0 Å². The summed E-state index contributed by atoms with van der Waals surface area (Å²) in [7, 11) is 0. The van der Waals surface area contributed by atoms with E-state index in [0.29, 0.717) is 28.4 Å². The van der Waals surface area contributed by atoms with Crippen molar-refractivity contribution < 1.29 is 9.90 Å². The number of carbonyl (C=O) groups is 1. The molecule has 0 aliphatic heterocycles. The number of rotatable bonds is 5. The molecule has 0 spiro atoms. The topological polar surface area (TPSA) is 37.3 Å². The van der Waals surface area contributed by atoms with Crippen molar-refractivity contribution in [2.24, 2.45) is 40.4 Å². The number of aliphatic hydroxyl groups is 1. The first kappa shape index (κ1) is 20.6. The van der Waals surface area contributed by atoms with Crippen molar-refractivity contribution in [2.75, 3.05) is 0 Å². The third kappa shape index (κ3) is 3.42. The average Bonchev–Trinajstić information content (AvgIpc) is 2.97. The van der Waals surface area contributed by atoms with Gasteiger partial charge < -0.3 is 5.11 Å². The maximum absolute atomic E-state index is 12.6. The van der Waals surface area contributed by atoms with Gasteiger partial charge in [-0.15, -0.1) is 0 Å². The van der Waals surface area contributed by atoms with Gasteiger partial charge in [-0.25, -0.2) is 0 Å². The molecule has 4 aliphatic rings. The van der Waals surface area contributed by atoms with E-state index < -0.39 is 0 Å². The highest BCUT2D eigenvalue weighted by atomic mass is 16.3. The lowest BCUT2D eigenvalue weighted by Gasteiger charge is -2.58. The van der Waals surface area contributed by atoms with E-state index in [2.05, 4.69) is 33.8 Å². The van der Waals surface area contributed by atoms with Crippen LogP contribution in [0.25, 0.3) is 0 Å². The van der Waals surface area contributed by atoms with E-state index >= 15 is 0 Å². The minimum Gasteiger partial charge on any atom is -0.393 e. The molecule has 5 unspecified atom stereocenters. The van der Waals surface area contributed by atoms with Crippen molar-refractivity contribution in [1.29, 1.82) is 0 Å². The van der Waals surface area contributed by atoms with Crippen LogP contribution in [0.5, 0.6) is 0 Å². The summed E-state index contributed by atoms with van der Waals surface area (Å²) in [5.74, 6) is 4.16. The molecule has 0 radical (unpaired) electrons. The first-order chi connectivity index (χ1) is 13.2. The monoisotopic (exact) mass is 386 g/mol. The van der Waals surface area contributed by atoms with Crippen LogP contribution in [0.2, 0.25) is 0 Å². The third-order valence-corrected chi connectivity index (χ3v) is 9.75. The molecule has 0 heterocycles. The molecule has 7 atom stereocenters. The van der Waals surface area contributed by atoms with Gasteiger partial charge in [-0.1, -0.05) is 39.3 Å². The summed E-state index contributed by atoms with van der Waals surface area (Å²) < 4.78 is 0. The summed E-state index contributed by atoms with van der Waals surface area (Å²) >= 11 is 0. The van der Waals surface area contributed by atoms with Crippen molar-refractivity contribution in [2.45, 2.75) is 104 Å². The van der Waals surface area contributed by atoms with Gasteiger partial charge >= 0.3 is 0 Å². The number of hydrogen-bond donors (Lipinski definition) is 1. The summed E-state index contributed by atoms with van der Waals surface area (Å²) in [5, 5.41) is 10.2. The van der Waals surface area contributed by atoms with Gasteiger partial charge in [0.25, 0.3) is 0 Å². The number of Topliss-reactive ketones (excluding diaryl/α,β-unsaturated/α-hetero) is 1. The molecule has 0 aromatic heterocycles. The Bertz CT molecular complexity index is 634. The summed E-state index contributed by atoms with van der Waals surface area (Å²) in [5.41, 5.74) is 2.27. The molecule has 1 N–H and O–H groups in total. The van der Waals surface area contributed by atoms with Gasteiger partial charge in [0.2, 0.25) is 0 Å². The van der Waals surface area contributed by atoms with E-state index in [1.54, 1.807) is 5.57 Å². The number of carbonyl (C=O) groups excluding carboxylic acids is 1. The minimum absolute atomic E-state index is 0.113. The van der Waals surface area contributed by atoms with Crippen LogP contribution < -0.4 is 0 Å². The van der Waals surface area contributed by atoms with Crippen LogP contribution in [-0.2, 0) is 4.79 Å². The van der Waals surface area contributed by atoms with Gasteiger partial charge in [0.05, 0.1) is 6.10 Å². The van der Waals surface area contributed by atoms with Crippen molar-refractivity contribution in [1.82, 2.24) is 0 Å². The quantitative estimate of drug-likeness (QED) is 0.561. The van der Waals surface area contributed by atoms with Crippen LogP contribution in [0.4, 0.5) is 0 Å². The molecule has 0 aromatic carbocycles. The Labute approximate surface area is 172 Å². The smallest absolute Gasteiger partial charge is 0.133 e. The number of hydrogen-bond acceptors (Lipinski definition) is 2. The third-order valence-electron chi connectivity index (χ3n) is 9.75. The van der Waals surface area contributed by atoms with Crippen LogP contribution in [0.15, 0.2) is 11.6 Å². The first-order valence-electron chi connectivity index (χ1n) is 12.1. The number of allylic oxidation sites excluding steroid dienone is 1. The molecule has 158 valence electrons. The zero-order valence-electron chi connectivity index (χ0n) is 18.7. The van der Waals surface area contributed by atoms with Crippen molar-refractivity contribution in [3.05, 3.63) is 11.6 Å². The van der Waals surface area contributed by atoms with E-state index in [0.717, 1.165) is 49.9 Å². The lowest BCUT2D eigenvalue weighted by Crippen LogP contribution is -2.50. The van der Waals surface area contributed by atoms with Crippen LogP contribution in [0.1, 0.15) is 98.3 Å². The van der Waals surface area contributed by atoms with Crippen LogP contribution in [0.3, 0.4) is 0 Å². The van der Waals surface area contributed by atoms with Gasteiger partial charge in [-0.05, 0) is 98.2 Å². The van der Waals surface area contributed by atoms with E-state index in [1.807, 2.05) is 0 Å². The summed E-state index contributed by atoms with van der Waals surface area (Å²) in [6.45, 7) is 9.48. The van der Waals surface area contributed by atoms with E-state index in [9.17, 15) is 9.90 Å². The van der Waals surface area contributed by atoms with E-state index in [1.165, 1.54) is 38.5 Å². The predicted molar refractivity (Wildman–Crippen MR) is 115 cm³/mol. The fourth-order valence-electron chi connectivity index (χ4n) is 7.91. The maximum Gasteiger partial charge on any atom is 0.133 e. The second-order valence-corrected chi connectivity index (χ2v) is 11.7. The highest BCUT2D eigenvalue weighted by molar-refractivity contribution is 5.78. The Morgan fingerprint density at radius 1 is 1.14 bits per heavy atom. The minimum atomic E-state index is -0.113. The Balaban J connectivity index is 1.48. The predicted octanol–water partition coefficient (Wildman–Crippen LogP) is 6.32. The highest BCUT2D eigenvalue weighted by Crippen LogP contribution is 2.66. The number of aliphatic hydroxyl groups excluding tert-OH is 1. The zero-order valence-corrected chi connectivity index (χ0v) is 18.7. The lowest BCUT2D eigenvalue weighted by molar-refractivity contribution is -0.122. The average molecular weight is 387 g/mol. The SMILES string of the molecule is CC(C)CCC(=O)C[C@H]1CCC2C3CC=C4CC(O)CCC4(C)C3CC[C@@]21C. The molecular formula is C26H42O2. The molecule has 4 rings (SSSR count). The molecule has 0 amide bonds. The number of ketones is 1. The molecular weight excluding hydrogens is 344 g/mol. The van der Waals surface area contributed by atoms with Gasteiger partial charge in [0, 0.05) is 12.8 Å². The molecule has 0 aromatic rings. The fraction of sp³-hybridized carbons (Fsp3) is 0.885. The molecule has 28 heavy (non-hydrogen) atoms. The molecule has 2 nitrogen and oxygen atoms in total. The van der Waals surface area contributed by atoms with Gasteiger partial charge in [0.15, 0.2) is 0 Å². The van der Waals surface area contributed by atoms with Gasteiger partial charge in [0.1, 0.15) is 5.78 Å². The lowest BCUT2D eigenvalue weighted by atomic mass is 9.47. The van der Waals surface area contributed by atoms with Crippen molar-refractivity contribution in [3.63, 3.8) is 0 Å². The van der Waals surface area contributed by atoms with Crippen molar-refractivity contribution in [3.8, 4) is 0 Å². The van der Waals surface area contributed by atoms with Gasteiger partial charge in [-0.2, -0.15) is 0 Å². The Kier molecular flexibility index (Phi) is 5.57.